The van der Waals surface area contributed by atoms with Crippen LogP contribution in [0.3, 0.4) is 0 Å². The minimum Gasteiger partial charge on any atom is -0.352 e. The molecule has 0 fully saturated rings. The summed E-state index contributed by atoms with van der Waals surface area (Å²) in [5.41, 5.74) is 0.182. The molecular formula is C15H17FN2O2. The highest BCUT2D eigenvalue weighted by molar-refractivity contribution is 5.97. The van der Waals surface area contributed by atoms with Crippen LogP contribution in [0.2, 0.25) is 0 Å². The number of aromatic nitrogens is 1. The lowest BCUT2D eigenvalue weighted by molar-refractivity contribution is 0.0947. The number of pyridine rings is 1. The Labute approximate surface area is 116 Å². The molecule has 0 bridgehead atoms. The van der Waals surface area contributed by atoms with Crippen LogP contribution >= 0.6 is 0 Å². The lowest BCUT2D eigenvalue weighted by atomic mass is 10.1. The van der Waals surface area contributed by atoms with Crippen LogP contribution in [0, 0.1) is 11.7 Å². The van der Waals surface area contributed by atoms with Gasteiger partial charge in [0, 0.05) is 25.2 Å². The van der Waals surface area contributed by atoms with Gasteiger partial charge in [-0.25, -0.2) is 4.39 Å². The van der Waals surface area contributed by atoms with Gasteiger partial charge >= 0.3 is 0 Å². The quantitative estimate of drug-likeness (QED) is 0.933. The van der Waals surface area contributed by atoms with Crippen LogP contribution in [0.25, 0.3) is 10.9 Å². The van der Waals surface area contributed by atoms with Crippen molar-refractivity contribution in [3.8, 4) is 0 Å². The Morgan fingerprint density at radius 2 is 2.10 bits per heavy atom. The van der Waals surface area contributed by atoms with E-state index in [-0.39, 0.29) is 10.9 Å². The van der Waals surface area contributed by atoms with Crippen molar-refractivity contribution < 1.29 is 9.18 Å². The molecule has 1 N–H and O–H groups in total. The molecule has 0 saturated heterocycles. The topological polar surface area (TPSA) is 51.1 Å². The number of halogens is 1. The highest BCUT2D eigenvalue weighted by Crippen LogP contribution is 2.12. The van der Waals surface area contributed by atoms with E-state index in [4.69, 9.17) is 0 Å². The van der Waals surface area contributed by atoms with Gasteiger partial charge in [-0.2, -0.15) is 0 Å². The maximum atomic E-state index is 13.3. The number of fused-ring (bicyclic) bond motifs is 1. The van der Waals surface area contributed by atoms with Crippen molar-refractivity contribution in [2.24, 2.45) is 13.0 Å². The number of carbonyl (C=O) groups is 1. The summed E-state index contributed by atoms with van der Waals surface area (Å²) in [6, 6.07) is 3.99. The van der Waals surface area contributed by atoms with E-state index in [1.165, 1.54) is 18.3 Å². The summed E-state index contributed by atoms with van der Waals surface area (Å²) < 4.78 is 14.9. The molecule has 2 aromatic rings. The molecule has 1 aromatic carbocycles. The van der Waals surface area contributed by atoms with E-state index >= 15 is 0 Å². The molecule has 0 aliphatic heterocycles. The largest absolute Gasteiger partial charge is 0.352 e. The highest BCUT2D eigenvalue weighted by atomic mass is 19.1. The zero-order chi connectivity index (χ0) is 14.9. The summed E-state index contributed by atoms with van der Waals surface area (Å²) in [6.07, 6.45) is 1.48. The molecule has 1 amide bonds. The molecule has 0 radical (unpaired) electrons. The number of amides is 1. The fraction of sp³-hybridized carbons (Fsp3) is 0.333. The van der Waals surface area contributed by atoms with Crippen molar-refractivity contribution >= 4 is 16.8 Å². The Morgan fingerprint density at radius 1 is 1.40 bits per heavy atom. The van der Waals surface area contributed by atoms with Crippen LogP contribution < -0.4 is 10.7 Å². The van der Waals surface area contributed by atoms with Gasteiger partial charge < -0.3 is 9.88 Å². The fourth-order valence-corrected chi connectivity index (χ4v) is 2.02. The SMILES string of the molecule is CC(C)CNC(=O)c1cn(C)c2ccc(F)cc2c1=O. The van der Waals surface area contributed by atoms with Gasteiger partial charge in [0.15, 0.2) is 0 Å². The Kier molecular flexibility index (Phi) is 3.88. The Morgan fingerprint density at radius 3 is 2.75 bits per heavy atom. The fourth-order valence-electron chi connectivity index (χ4n) is 2.02. The molecule has 106 valence electrons. The first-order valence-corrected chi connectivity index (χ1v) is 6.47. The van der Waals surface area contributed by atoms with E-state index in [1.54, 1.807) is 11.6 Å². The molecule has 20 heavy (non-hydrogen) atoms. The Hall–Kier alpha value is -2.17. The van der Waals surface area contributed by atoms with Crippen LogP contribution in [0.4, 0.5) is 4.39 Å². The molecule has 4 nitrogen and oxygen atoms in total. The van der Waals surface area contributed by atoms with Gasteiger partial charge in [0.2, 0.25) is 5.43 Å². The third-order valence-corrected chi connectivity index (χ3v) is 3.07. The highest BCUT2D eigenvalue weighted by Gasteiger charge is 2.14. The van der Waals surface area contributed by atoms with Crippen molar-refractivity contribution in [2.45, 2.75) is 13.8 Å². The normalized spacial score (nSPS) is 11.1. The molecule has 0 saturated carbocycles. The zero-order valence-corrected chi connectivity index (χ0v) is 11.7. The smallest absolute Gasteiger partial charge is 0.256 e. The predicted octanol–water partition coefficient (Wildman–Crippen LogP) is 2.06. The number of aryl methyl sites for hydroxylation is 1. The van der Waals surface area contributed by atoms with Crippen molar-refractivity contribution in [1.82, 2.24) is 9.88 Å². The molecule has 2 rings (SSSR count). The minimum atomic E-state index is -0.491. The first-order valence-electron chi connectivity index (χ1n) is 6.47. The lowest BCUT2D eigenvalue weighted by Gasteiger charge is -2.10. The number of rotatable bonds is 3. The van der Waals surface area contributed by atoms with Crippen molar-refractivity contribution in [3.05, 3.63) is 46.0 Å². The van der Waals surface area contributed by atoms with Gasteiger partial charge in [-0.1, -0.05) is 13.8 Å². The standard InChI is InChI=1S/C15H17FN2O2/c1-9(2)7-17-15(20)12-8-18(3)13-5-4-10(16)6-11(13)14(12)19/h4-6,8-9H,7H2,1-3H3,(H,17,20). The van der Waals surface area contributed by atoms with Gasteiger partial charge in [0.1, 0.15) is 11.4 Å². The molecule has 0 aliphatic rings. The molecule has 0 spiro atoms. The van der Waals surface area contributed by atoms with Gasteiger partial charge in [0.25, 0.3) is 5.91 Å². The molecule has 5 heteroatoms. The average Bonchev–Trinajstić information content (AvgIpc) is 2.40. The molecule has 0 atom stereocenters. The van der Waals surface area contributed by atoms with Gasteiger partial charge in [-0.15, -0.1) is 0 Å². The van der Waals surface area contributed by atoms with E-state index in [9.17, 15) is 14.0 Å². The zero-order valence-electron chi connectivity index (χ0n) is 11.7. The molecular weight excluding hydrogens is 259 g/mol. The number of carbonyl (C=O) groups excluding carboxylic acids is 1. The van der Waals surface area contributed by atoms with E-state index in [2.05, 4.69) is 5.32 Å². The summed E-state index contributed by atoms with van der Waals surface area (Å²) in [6.45, 7) is 4.42. The van der Waals surface area contributed by atoms with Crippen molar-refractivity contribution in [2.75, 3.05) is 6.54 Å². The lowest BCUT2D eigenvalue weighted by Crippen LogP contribution is -2.32. The van der Waals surface area contributed by atoms with Gasteiger partial charge in [0.05, 0.1) is 5.52 Å². The number of benzene rings is 1. The minimum absolute atomic E-state index is 0.0336. The first kappa shape index (κ1) is 14.2. The summed E-state index contributed by atoms with van der Waals surface area (Å²) in [5, 5.41) is 2.91. The van der Waals surface area contributed by atoms with Gasteiger partial charge in [-0.05, 0) is 24.1 Å². The molecule has 1 heterocycles. The predicted molar refractivity (Wildman–Crippen MR) is 76.3 cm³/mol. The number of hydrogen-bond donors (Lipinski definition) is 1. The van der Waals surface area contributed by atoms with E-state index < -0.39 is 17.2 Å². The van der Waals surface area contributed by atoms with E-state index in [0.717, 1.165) is 6.07 Å². The van der Waals surface area contributed by atoms with Crippen molar-refractivity contribution in [3.63, 3.8) is 0 Å². The van der Waals surface area contributed by atoms with Crippen LogP contribution in [-0.2, 0) is 7.05 Å². The Balaban J connectivity index is 2.52. The molecule has 0 aliphatic carbocycles. The number of nitrogens with zero attached hydrogens (tertiary/aromatic N) is 1. The molecule has 1 aromatic heterocycles. The Bertz CT molecular complexity index is 720. The third kappa shape index (κ3) is 2.71. The second kappa shape index (κ2) is 5.45. The summed E-state index contributed by atoms with van der Waals surface area (Å²) in [7, 11) is 1.72. The number of nitrogens with one attached hydrogen (secondary N) is 1. The van der Waals surface area contributed by atoms with Crippen molar-refractivity contribution in [1.29, 1.82) is 0 Å². The average molecular weight is 276 g/mol. The second-order valence-electron chi connectivity index (χ2n) is 5.25. The van der Waals surface area contributed by atoms with Crippen LogP contribution in [0.15, 0.2) is 29.2 Å². The maximum Gasteiger partial charge on any atom is 0.256 e. The van der Waals surface area contributed by atoms with Gasteiger partial charge in [-0.3, -0.25) is 9.59 Å². The van der Waals surface area contributed by atoms with E-state index in [1.807, 2.05) is 13.8 Å². The third-order valence-electron chi connectivity index (χ3n) is 3.07. The van der Waals surface area contributed by atoms with Crippen LogP contribution in [0.5, 0.6) is 0 Å². The first-order chi connectivity index (χ1) is 9.40. The summed E-state index contributed by atoms with van der Waals surface area (Å²) in [5.74, 6) is -0.625. The van der Waals surface area contributed by atoms with E-state index in [0.29, 0.717) is 18.0 Å². The second-order valence-corrected chi connectivity index (χ2v) is 5.25. The maximum absolute atomic E-state index is 13.3. The van der Waals surface area contributed by atoms with Crippen LogP contribution in [0.1, 0.15) is 24.2 Å². The summed E-state index contributed by atoms with van der Waals surface area (Å²) >= 11 is 0. The molecule has 0 unspecified atom stereocenters. The summed E-state index contributed by atoms with van der Waals surface area (Å²) in [4.78, 5) is 24.3. The number of hydrogen-bond acceptors (Lipinski definition) is 2. The van der Waals surface area contributed by atoms with Crippen LogP contribution in [-0.4, -0.2) is 17.0 Å². The monoisotopic (exact) mass is 276 g/mol.